The Hall–Kier alpha value is -3.84. The third-order valence-corrected chi connectivity index (χ3v) is 5.20. The van der Waals surface area contributed by atoms with Crippen LogP contribution in [0, 0.1) is 0 Å². The molecule has 0 unspecified atom stereocenters. The lowest BCUT2D eigenvalue weighted by atomic mass is 10.1. The summed E-state index contributed by atoms with van der Waals surface area (Å²) in [5.41, 5.74) is 10.5. The molecule has 0 radical (unpaired) electrons. The fourth-order valence-corrected chi connectivity index (χ4v) is 3.67. The number of fused-ring (bicyclic) bond motifs is 2. The van der Waals surface area contributed by atoms with Crippen LogP contribution < -0.4 is 5.73 Å². The predicted molar refractivity (Wildman–Crippen MR) is 115 cm³/mol. The number of halogens is 1. The number of amides is 1. The molecule has 0 bridgehead atoms. The molecule has 0 saturated heterocycles. The summed E-state index contributed by atoms with van der Waals surface area (Å²) < 4.78 is 1.76. The van der Waals surface area contributed by atoms with Gasteiger partial charge in [0.05, 0.1) is 28.3 Å². The first kappa shape index (κ1) is 18.2. The minimum atomic E-state index is -0.567. The summed E-state index contributed by atoms with van der Waals surface area (Å²) in [6.07, 6.45) is 1.78. The molecule has 0 aliphatic heterocycles. The fourth-order valence-electron chi connectivity index (χ4n) is 3.39. The molecule has 3 heterocycles. The van der Waals surface area contributed by atoms with Crippen LogP contribution >= 0.6 is 11.6 Å². The van der Waals surface area contributed by atoms with E-state index >= 15 is 0 Å². The van der Waals surface area contributed by atoms with Gasteiger partial charge in [0.25, 0.3) is 0 Å². The quantitative estimate of drug-likeness (QED) is 0.481. The van der Waals surface area contributed by atoms with E-state index in [-0.39, 0.29) is 5.56 Å². The zero-order valence-corrected chi connectivity index (χ0v) is 16.4. The van der Waals surface area contributed by atoms with Gasteiger partial charge in [-0.1, -0.05) is 35.0 Å². The van der Waals surface area contributed by atoms with Crippen molar-refractivity contribution in [1.29, 1.82) is 0 Å². The van der Waals surface area contributed by atoms with E-state index in [4.69, 9.17) is 22.3 Å². The number of rotatable bonds is 4. The number of nitrogens with two attached hydrogens (primary N) is 1. The monoisotopic (exact) mass is 414 g/mol. The SMILES string of the molecule is NC(=O)c1ccc(-c2ccc3nnn(Cc4ccc5ncccc5c4)c3n2)cc1Cl. The molecular weight excluding hydrogens is 400 g/mol. The lowest BCUT2D eigenvalue weighted by molar-refractivity contribution is 0.100. The first-order valence-corrected chi connectivity index (χ1v) is 9.60. The second-order valence-corrected chi connectivity index (χ2v) is 7.28. The van der Waals surface area contributed by atoms with Gasteiger partial charge in [0, 0.05) is 17.1 Å². The fraction of sp³-hybridized carbons (Fsp3) is 0.0455. The Bertz CT molecular complexity index is 1430. The Labute approximate surface area is 176 Å². The van der Waals surface area contributed by atoms with Gasteiger partial charge in [-0.3, -0.25) is 9.78 Å². The standard InChI is InChI=1S/C22H15ClN6O/c23-17-11-15(4-5-16(17)21(24)30)19-7-8-20-22(26-19)29(28-27-20)12-13-3-6-18-14(10-13)2-1-9-25-18/h1-11H,12H2,(H2,24,30). The molecule has 0 spiro atoms. The maximum atomic E-state index is 11.4. The van der Waals surface area contributed by atoms with Gasteiger partial charge < -0.3 is 5.73 Å². The molecule has 0 aliphatic rings. The number of hydrogen-bond acceptors (Lipinski definition) is 5. The van der Waals surface area contributed by atoms with Crippen LogP contribution in [0.3, 0.4) is 0 Å². The van der Waals surface area contributed by atoms with Crippen LogP contribution in [-0.2, 0) is 6.54 Å². The summed E-state index contributed by atoms with van der Waals surface area (Å²) in [5, 5.41) is 9.84. The zero-order valence-electron chi connectivity index (χ0n) is 15.7. The van der Waals surface area contributed by atoms with Gasteiger partial charge in [-0.15, -0.1) is 5.10 Å². The van der Waals surface area contributed by atoms with E-state index in [0.29, 0.717) is 28.4 Å². The van der Waals surface area contributed by atoms with Crippen molar-refractivity contribution >= 4 is 39.6 Å². The number of nitrogens with zero attached hydrogens (tertiary/aromatic N) is 5. The topological polar surface area (TPSA) is 99.6 Å². The average Bonchev–Trinajstić information content (AvgIpc) is 3.15. The molecule has 5 aromatic rings. The number of hydrogen-bond donors (Lipinski definition) is 1. The van der Waals surface area contributed by atoms with Gasteiger partial charge in [0.15, 0.2) is 5.65 Å². The molecule has 0 fully saturated rings. The first-order chi connectivity index (χ1) is 14.6. The lowest BCUT2D eigenvalue weighted by Gasteiger charge is -2.07. The Morgan fingerprint density at radius 3 is 2.73 bits per heavy atom. The van der Waals surface area contributed by atoms with Gasteiger partial charge in [-0.25, -0.2) is 9.67 Å². The predicted octanol–water partition coefficient (Wildman–Crippen LogP) is 3.84. The van der Waals surface area contributed by atoms with Crippen LogP contribution in [0.15, 0.2) is 66.9 Å². The molecule has 30 heavy (non-hydrogen) atoms. The number of primary amides is 1. The van der Waals surface area contributed by atoms with Crippen LogP contribution in [0.1, 0.15) is 15.9 Å². The Morgan fingerprint density at radius 1 is 1.03 bits per heavy atom. The number of benzene rings is 2. The minimum absolute atomic E-state index is 0.277. The summed E-state index contributed by atoms with van der Waals surface area (Å²) in [4.78, 5) is 20.5. The van der Waals surface area contributed by atoms with Gasteiger partial charge >= 0.3 is 0 Å². The van der Waals surface area contributed by atoms with Crippen molar-refractivity contribution in [3.63, 3.8) is 0 Å². The molecule has 8 heteroatoms. The number of carbonyl (C=O) groups excluding carboxylic acids is 1. The van der Waals surface area contributed by atoms with Crippen molar-refractivity contribution in [3.8, 4) is 11.3 Å². The van der Waals surface area contributed by atoms with Crippen molar-refractivity contribution in [2.75, 3.05) is 0 Å². The number of carbonyl (C=O) groups is 1. The molecule has 0 aliphatic carbocycles. The molecule has 5 rings (SSSR count). The van der Waals surface area contributed by atoms with Crippen molar-refractivity contribution in [2.45, 2.75) is 6.54 Å². The molecule has 2 N–H and O–H groups in total. The summed E-state index contributed by atoms with van der Waals surface area (Å²) >= 11 is 6.19. The Balaban J connectivity index is 1.52. The second-order valence-electron chi connectivity index (χ2n) is 6.88. The Morgan fingerprint density at radius 2 is 1.90 bits per heavy atom. The average molecular weight is 415 g/mol. The molecule has 146 valence electrons. The summed E-state index contributed by atoms with van der Waals surface area (Å²) in [6.45, 7) is 0.527. The highest BCUT2D eigenvalue weighted by atomic mass is 35.5. The van der Waals surface area contributed by atoms with E-state index in [9.17, 15) is 4.79 Å². The van der Waals surface area contributed by atoms with E-state index < -0.39 is 5.91 Å². The molecule has 1 amide bonds. The van der Waals surface area contributed by atoms with Crippen LogP contribution in [0.2, 0.25) is 5.02 Å². The van der Waals surface area contributed by atoms with Crippen molar-refractivity contribution in [1.82, 2.24) is 25.0 Å². The first-order valence-electron chi connectivity index (χ1n) is 9.22. The van der Waals surface area contributed by atoms with Gasteiger partial charge in [-0.2, -0.15) is 0 Å². The van der Waals surface area contributed by atoms with Crippen molar-refractivity contribution in [2.24, 2.45) is 5.73 Å². The van der Waals surface area contributed by atoms with E-state index in [2.05, 4.69) is 21.4 Å². The lowest BCUT2D eigenvalue weighted by Crippen LogP contribution is -2.11. The highest BCUT2D eigenvalue weighted by Gasteiger charge is 2.12. The Kier molecular flexibility index (Phi) is 4.37. The van der Waals surface area contributed by atoms with Crippen LogP contribution in [0.25, 0.3) is 33.3 Å². The summed E-state index contributed by atoms with van der Waals surface area (Å²) in [7, 11) is 0. The van der Waals surface area contributed by atoms with Gasteiger partial charge in [-0.05, 0) is 48.0 Å². The van der Waals surface area contributed by atoms with Crippen LogP contribution in [-0.4, -0.2) is 30.9 Å². The third-order valence-electron chi connectivity index (χ3n) is 4.89. The highest BCUT2D eigenvalue weighted by molar-refractivity contribution is 6.34. The highest BCUT2D eigenvalue weighted by Crippen LogP contribution is 2.26. The molecule has 0 saturated carbocycles. The maximum Gasteiger partial charge on any atom is 0.250 e. The number of pyridine rings is 2. The normalized spacial score (nSPS) is 11.2. The summed E-state index contributed by atoms with van der Waals surface area (Å²) in [6, 6.07) is 18.8. The van der Waals surface area contributed by atoms with Crippen molar-refractivity contribution < 1.29 is 4.79 Å². The molecule has 7 nitrogen and oxygen atoms in total. The van der Waals surface area contributed by atoms with Gasteiger partial charge in [0.1, 0.15) is 5.52 Å². The zero-order chi connectivity index (χ0) is 20.7. The van der Waals surface area contributed by atoms with Crippen LogP contribution in [0.4, 0.5) is 0 Å². The molecule has 3 aromatic heterocycles. The minimum Gasteiger partial charge on any atom is -0.366 e. The van der Waals surface area contributed by atoms with Gasteiger partial charge in [0.2, 0.25) is 5.91 Å². The molecular formula is C22H15ClN6O. The smallest absolute Gasteiger partial charge is 0.250 e. The largest absolute Gasteiger partial charge is 0.366 e. The van der Waals surface area contributed by atoms with E-state index in [0.717, 1.165) is 22.0 Å². The van der Waals surface area contributed by atoms with E-state index in [1.54, 1.807) is 29.1 Å². The maximum absolute atomic E-state index is 11.4. The molecule has 2 aromatic carbocycles. The number of aromatic nitrogens is 5. The van der Waals surface area contributed by atoms with Crippen molar-refractivity contribution in [3.05, 3.63) is 83.0 Å². The summed E-state index contributed by atoms with van der Waals surface area (Å²) in [5.74, 6) is -0.567. The third kappa shape index (κ3) is 3.25. The van der Waals surface area contributed by atoms with E-state index in [1.807, 2.05) is 36.4 Å². The van der Waals surface area contributed by atoms with Crippen LogP contribution in [0.5, 0.6) is 0 Å². The van der Waals surface area contributed by atoms with E-state index in [1.165, 1.54) is 0 Å². The molecule has 0 atom stereocenters. The second kappa shape index (κ2) is 7.20.